The number of benzene rings is 1. The molecule has 1 aliphatic rings. The van der Waals surface area contributed by atoms with Crippen LogP contribution in [0, 0.1) is 6.92 Å². The fraction of sp³-hybridized carbons (Fsp3) is 0.450. The Morgan fingerprint density at radius 1 is 1.10 bits per heavy atom. The molecule has 0 saturated carbocycles. The molecule has 9 heteroatoms. The van der Waals surface area contributed by atoms with Crippen molar-refractivity contribution >= 4 is 34.5 Å². The highest BCUT2D eigenvalue weighted by atomic mass is 35.5. The summed E-state index contributed by atoms with van der Waals surface area (Å²) < 4.78 is 45.2. The molecule has 0 atom stereocenters. The first-order valence-corrected chi connectivity index (χ1v) is 9.98. The summed E-state index contributed by atoms with van der Waals surface area (Å²) in [5.74, 6) is -1.98. The number of rotatable bonds is 2. The number of ketones is 2. The predicted octanol–water partition coefficient (Wildman–Crippen LogP) is 5.60. The lowest BCUT2D eigenvalue weighted by Gasteiger charge is -2.42. The highest BCUT2D eigenvalue weighted by molar-refractivity contribution is 7.15. The normalized spacial score (nSPS) is 19.6. The molecule has 0 unspecified atom stereocenters. The molecule has 1 aromatic carbocycles. The minimum Gasteiger partial charge on any atom is -0.354 e. The summed E-state index contributed by atoms with van der Waals surface area (Å²) in [5.41, 5.74) is -2.88. The van der Waals surface area contributed by atoms with Crippen LogP contribution < -0.4 is 0 Å². The van der Waals surface area contributed by atoms with E-state index in [4.69, 9.17) is 16.3 Å². The molecule has 1 saturated heterocycles. The number of hydrogen-bond acceptors (Lipinski definition) is 5. The van der Waals surface area contributed by atoms with Gasteiger partial charge < -0.3 is 4.74 Å². The van der Waals surface area contributed by atoms with Crippen molar-refractivity contribution in [3.8, 4) is 10.6 Å². The first kappa shape index (κ1) is 21.9. The van der Waals surface area contributed by atoms with E-state index in [0.717, 1.165) is 23.5 Å². The molecular weight excluding hydrogens is 427 g/mol. The van der Waals surface area contributed by atoms with E-state index < -0.39 is 45.4 Å². The fourth-order valence-corrected chi connectivity index (χ4v) is 4.65. The summed E-state index contributed by atoms with van der Waals surface area (Å²) in [6, 6.07) is 3.51. The number of hydrogen-bond donors (Lipinski definition) is 0. The van der Waals surface area contributed by atoms with E-state index in [1.54, 1.807) is 34.6 Å². The van der Waals surface area contributed by atoms with Crippen LogP contribution in [0.15, 0.2) is 18.2 Å². The zero-order valence-electron chi connectivity index (χ0n) is 16.4. The number of carbonyl (C=O) groups is 2. The largest absolute Gasteiger partial charge is 0.417 e. The van der Waals surface area contributed by atoms with Crippen LogP contribution in [0.25, 0.3) is 10.6 Å². The topological polar surface area (TPSA) is 56.3 Å². The van der Waals surface area contributed by atoms with Gasteiger partial charge in [-0.15, -0.1) is 11.3 Å². The van der Waals surface area contributed by atoms with Gasteiger partial charge in [0.15, 0.2) is 11.6 Å². The number of halogens is 4. The van der Waals surface area contributed by atoms with E-state index in [2.05, 4.69) is 4.98 Å². The van der Waals surface area contributed by atoms with Crippen molar-refractivity contribution in [1.82, 2.24) is 4.98 Å². The molecular formula is C20H19ClF3NO3S. The predicted molar refractivity (Wildman–Crippen MR) is 104 cm³/mol. The van der Waals surface area contributed by atoms with Gasteiger partial charge in [-0.2, -0.15) is 13.2 Å². The summed E-state index contributed by atoms with van der Waals surface area (Å²) in [6.45, 7) is 8.05. The van der Waals surface area contributed by atoms with E-state index in [1.165, 1.54) is 6.07 Å². The maximum atomic E-state index is 13.2. The van der Waals surface area contributed by atoms with Crippen LogP contribution in [0.2, 0.25) is 5.02 Å². The van der Waals surface area contributed by atoms with Crippen LogP contribution in [0.4, 0.5) is 13.2 Å². The number of carbonyl (C=O) groups excluding carboxylic acids is 2. The Labute approximate surface area is 175 Å². The Morgan fingerprint density at radius 2 is 1.66 bits per heavy atom. The maximum absolute atomic E-state index is 13.2. The second-order valence-electron chi connectivity index (χ2n) is 7.94. The zero-order chi connectivity index (χ0) is 21.9. The molecule has 0 bridgehead atoms. The second-order valence-corrected chi connectivity index (χ2v) is 9.55. The maximum Gasteiger partial charge on any atom is 0.417 e. The summed E-state index contributed by atoms with van der Waals surface area (Å²) in [4.78, 5) is 30.8. The van der Waals surface area contributed by atoms with Gasteiger partial charge in [-0.1, -0.05) is 17.7 Å². The average molecular weight is 446 g/mol. The average Bonchev–Trinajstić information content (AvgIpc) is 2.94. The Hall–Kier alpha value is -1.77. The van der Waals surface area contributed by atoms with Crippen molar-refractivity contribution in [3.05, 3.63) is 39.4 Å². The lowest BCUT2D eigenvalue weighted by molar-refractivity contribution is -0.184. The van der Waals surface area contributed by atoms with Gasteiger partial charge in [0.25, 0.3) is 0 Å². The molecule has 3 rings (SSSR count). The third-order valence-electron chi connectivity index (χ3n) is 4.85. The van der Waals surface area contributed by atoms with Crippen molar-refractivity contribution in [2.75, 3.05) is 0 Å². The van der Waals surface area contributed by atoms with Crippen molar-refractivity contribution in [2.45, 2.75) is 57.9 Å². The second kappa shape index (κ2) is 6.89. The third kappa shape index (κ3) is 3.85. The van der Waals surface area contributed by atoms with Crippen LogP contribution >= 0.6 is 22.9 Å². The van der Waals surface area contributed by atoms with Crippen molar-refractivity contribution in [3.63, 3.8) is 0 Å². The fourth-order valence-electron chi connectivity index (χ4n) is 3.48. The third-order valence-corrected chi connectivity index (χ3v) is 6.21. The van der Waals surface area contributed by atoms with Gasteiger partial charge in [-0.3, -0.25) is 9.59 Å². The Bertz CT molecular complexity index is 985. The Kier molecular flexibility index (Phi) is 5.21. The van der Waals surface area contributed by atoms with Crippen molar-refractivity contribution in [2.24, 2.45) is 0 Å². The van der Waals surface area contributed by atoms with Gasteiger partial charge in [0.2, 0.25) is 0 Å². The molecule has 1 aromatic heterocycles. The van der Waals surface area contributed by atoms with Crippen molar-refractivity contribution in [1.29, 1.82) is 0 Å². The van der Waals surface area contributed by atoms with Crippen LogP contribution in [-0.2, 0) is 20.5 Å². The molecule has 29 heavy (non-hydrogen) atoms. The molecule has 0 spiro atoms. The summed E-state index contributed by atoms with van der Waals surface area (Å²) in [7, 11) is 0. The lowest BCUT2D eigenvalue weighted by Crippen LogP contribution is -2.58. The van der Waals surface area contributed by atoms with Crippen LogP contribution in [0.1, 0.15) is 49.7 Å². The van der Waals surface area contributed by atoms with E-state index in [0.29, 0.717) is 4.88 Å². The molecule has 0 amide bonds. The van der Waals surface area contributed by atoms with Gasteiger partial charge in [0, 0.05) is 10.4 Å². The monoisotopic (exact) mass is 445 g/mol. The summed E-state index contributed by atoms with van der Waals surface area (Å²) >= 11 is 6.81. The van der Waals surface area contributed by atoms with Crippen molar-refractivity contribution < 1.29 is 27.5 Å². The highest BCUT2D eigenvalue weighted by Crippen LogP contribution is 2.42. The number of ether oxygens (including phenoxy) is 1. The smallest absolute Gasteiger partial charge is 0.354 e. The van der Waals surface area contributed by atoms with Gasteiger partial charge in [0.05, 0.1) is 16.3 Å². The standard InChI is InChI=1S/C20H19ClF3NO3S/c1-9-14(13-15(26)18(2,3)28-19(4,5)16(13)27)25-17(29-9)10-6-7-12(21)11(8-10)20(22,23)24/h6-8,13H,1-5H3. The molecule has 0 radical (unpaired) electrons. The summed E-state index contributed by atoms with van der Waals surface area (Å²) in [6.07, 6.45) is -4.61. The number of thiazole rings is 1. The van der Waals surface area contributed by atoms with Gasteiger partial charge in [-0.05, 0) is 46.8 Å². The lowest BCUT2D eigenvalue weighted by atomic mass is 9.76. The first-order valence-electron chi connectivity index (χ1n) is 8.78. The highest BCUT2D eigenvalue weighted by Gasteiger charge is 2.54. The number of Topliss-reactive ketones (excluding diaryl/α,β-unsaturated/α-hetero) is 2. The van der Waals surface area contributed by atoms with E-state index in [9.17, 15) is 22.8 Å². The number of alkyl halides is 3. The number of nitrogens with zero attached hydrogens (tertiary/aromatic N) is 1. The van der Waals surface area contributed by atoms with Gasteiger partial charge in [-0.25, -0.2) is 4.98 Å². The van der Waals surface area contributed by atoms with Gasteiger partial charge >= 0.3 is 6.18 Å². The molecule has 2 heterocycles. The number of aryl methyl sites for hydroxylation is 1. The molecule has 2 aromatic rings. The molecule has 4 nitrogen and oxygen atoms in total. The van der Waals surface area contributed by atoms with Crippen LogP contribution in [0.3, 0.4) is 0 Å². The minimum absolute atomic E-state index is 0.214. The zero-order valence-corrected chi connectivity index (χ0v) is 18.0. The molecule has 1 fully saturated rings. The molecule has 0 N–H and O–H groups in total. The van der Waals surface area contributed by atoms with Crippen LogP contribution in [-0.4, -0.2) is 27.8 Å². The molecule has 156 valence electrons. The van der Waals surface area contributed by atoms with E-state index >= 15 is 0 Å². The quantitative estimate of drug-likeness (QED) is 0.564. The Morgan fingerprint density at radius 3 is 2.17 bits per heavy atom. The summed E-state index contributed by atoms with van der Waals surface area (Å²) in [5, 5.41) is -0.129. The SMILES string of the molecule is Cc1sc(-c2ccc(Cl)c(C(F)(F)F)c2)nc1C1C(=O)C(C)(C)OC(C)(C)C1=O. The minimum atomic E-state index is -4.61. The Balaban J connectivity index is 2.10. The molecule has 0 aliphatic carbocycles. The number of aromatic nitrogens is 1. The molecule has 1 aliphatic heterocycles. The van der Waals surface area contributed by atoms with E-state index in [-0.39, 0.29) is 16.3 Å². The van der Waals surface area contributed by atoms with E-state index in [1.807, 2.05) is 0 Å². The first-order chi connectivity index (χ1) is 13.1. The van der Waals surface area contributed by atoms with Gasteiger partial charge in [0.1, 0.15) is 22.1 Å². The van der Waals surface area contributed by atoms with Crippen LogP contribution in [0.5, 0.6) is 0 Å².